The van der Waals surface area contributed by atoms with Crippen LogP contribution in [0.25, 0.3) is 0 Å². The number of nitrogens with zero attached hydrogens (tertiary/aromatic N) is 1. The Morgan fingerprint density at radius 2 is 1.85 bits per heavy atom. The number of rotatable bonds is 5. The van der Waals surface area contributed by atoms with Crippen molar-refractivity contribution in [3.05, 3.63) is 22.8 Å². The quantitative estimate of drug-likeness (QED) is 0.843. The van der Waals surface area contributed by atoms with Gasteiger partial charge in [0, 0.05) is 19.1 Å². The second-order valence-electron chi connectivity index (χ2n) is 6.56. The van der Waals surface area contributed by atoms with Gasteiger partial charge in [0.2, 0.25) is 10.0 Å². The first-order chi connectivity index (χ1) is 12.2. The lowest BCUT2D eigenvalue weighted by Crippen LogP contribution is -2.46. The van der Waals surface area contributed by atoms with Gasteiger partial charge < -0.3 is 14.4 Å². The van der Waals surface area contributed by atoms with E-state index in [0.29, 0.717) is 54.3 Å². The van der Waals surface area contributed by atoms with Gasteiger partial charge in [-0.3, -0.25) is 0 Å². The number of aryl methyl sites for hydroxylation is 1. The van der Waals surface area contributed by atoms with E-state index < -0.39 is 10.0 Å². The molecule has 1 aliphatic heterocycles. The van der Waals surface area contributed by atoms with E-state index in [-0.39, 0.29) is 12.1 Å². The van der Waals surface area contributed by atoms with E-state index in [4.69, 9.17) is 9.47 Å². The number of carbonyl (C=O) groups is 1. The molecule has 26 heavy (non-hydrogen) atoms. The van der Waals surface area contributed by atoms with E-state index in [1.807, 2.05) is 6.92 Å². The smallest absolute Gasteiger partial charge is 0.409 e. The van der Waals surface area contributed by atoms with Crippen LogP contribution in [0.2, 0.25) is 0 Å². The van der Waals surface area contributed by atoms with Crippen LogP contribution in [0.3, 0.4) is 0 Å². The van der Waals surface area contributed by atoms with Gasteiger partial charge in [-0.1, -0.05) is 0 Å². The van der Waals surface area contributed by atoms with E-state index in [1.54, 1.807) is 38.8 Å². The van der Waals surface area contributed by atoms with Gasteiger partial charge in [-0.25, -0.2) is 17.9 Å². The van der Waals surface area contributed by atoms with Crippen molar-refractivity contribution in [1.82, 2.24) is 9.62 Å². The van der Waals surface area contributed by atoms with Crippen LogP contribution < -0.4 is 9.46 Å². The van der Waals surface area contributed by atoms with Gasteiger partial charge in [0.25, 0.3) is 0 Å². The number of piperidine rings is 1. The van der Waals surface area contributed by atoms with Gasteiger partial charge in [0.05, 0.1) is 18.6 Å². The highest BCUT2D eigenvalue weighted by molar-refractivity contribution is 7.89. The number of likely N-dealkylation sites (tertiary alicyclic amines) is 1. The van der Waals surface area contributed by atoms with E-state index in [1.165, 1.54) is 0 Å². The fourth-order valence-electron chi connectivity index (χ4n) is 3.32. The Hall–Kier alpha value is -1.80. The minimum absolute atomic E-state index is 0.202. The summed E-state index contributed by atoms with van der Waals surface area (Å²) in [6, 6.07) is 1.55. The van der Waals surface area contributed by atoms with Crippen LogP contribution in [0.5, 0.6) is 5.75 Å². The minimum atomic E-state index is -3.66. The van der Waals surface area contributed by atoms with Crippen LogP contribution >= 0.6 is 0 Å². The van der Waals surface area contributed by atoms with Crippen molar-refractivity contribution < 1.29 is 22.7 Å². The topological polar surface area (TPSA) is 84.9 Å². The molecule has 1 heterocycles. The normalized spacial score (nSPS) is 15.8. The lowest BCUT2D eigenvalue weighted by molar-refractivity contribution is 0.0966. The summed E-state index contributed by atoms with van der Waals surface area (Å²) in [7, 11) is -2.08. The van der Waals surface area contributed by atoms with Crippen LogP contribution in [0.15, 0.2) is 11.0 Å². The van der Waals surface area contributed by atoms with E-state index in [2.05, 4.69) is 4.72 Å². The number of methoxy groups -OCH3 is 1. The number of ether oxygens (including phenoxy) is 2. The molecular formula is C18H28N2O5S. The molecule has 0 atom stereocenters. The summed E-state index contributed by atoms with van der Waals surface area (Å²) in [5.41, 5.74) is 2.16. The molecule has 0 aromatic heterocycles. The molecule has 0 radical (unpaired) electrons. The Balaban J connectivity index is 2.14. The fraction of sp³-hybridized carbons (Fsp3) is 0.611. The predicted molar refractivity (Wildman–Crippen MR) is 99.1 cm³/mol. The van der Waals surface area contributed by atoms with Crippen LogP contribution in [-0.2, 0) is 14.8 Å². The lowest BCUT2D eigenvalue weighted by atomic mass is 10.1. The Labute approximate surface area is 155 Å². The maximum Gasteiger partial charge on any atom is 0.409 e. The molecule has 146 valence electrons. The number of amides is 1. The zero-order valence-electron chi connectivity index (χ0n) is 16.1. The summed E-state index contributed by atoms with van der Waals surface area (Å²) in [5.74, 6) is 0.682. The van der Waals surface area contributed by atoms with Crippen molar-refractivity contribution in [3.8, 4) is 5.75 Å². The molecule has 1 aromatic carbocycles. The Kier molecular flexibility index (Phi) is 6.52. The Bertz CT molecular complexity index is 768. The highest BCUT2D eigenvalue weighted by Crippen LogP contribution is 2.30. The molecule has 2 rings (SSSR count). The molecule has 1 fully saturated rings. The zero-order chi connectivity index (χ0) is 19.5. The van der Waals surface area contributed by atoms with Crippen LogP contribution in [-0.4, -0.2) is 52.3 Å². The van der Waals surface area contributed by atoms with Crippen molar-refractivity contribution in [2.45, 2.75) is 51.5 Å². The second-order valence-corrected chi connectivity index (χ2v) is 8.21. The molecule has 0 aliphatic carbocycles. The Morgan fingerprint density at radius 1 is 1.23 bits per heavy atom. The number of hydrogen-bond acceptors (Lipinski definition) is 5. The van der Waals surface area contributed by atoms with Gasteiger partial charge in [-0.05, 0) is 63.3 Å². The Morgan fingerprint density at radius 3 is 2.38 bits per heavy atom. The van der Waals surface area contributed by atoms with Gasteiger partial charge in [-0.2, -0.15) is 0 Å². The van der Waals surface area contributed by atoms with Crippen molar-refractivity contribution in [2.75, 3.05) is 26.8 Å². The fourth-order valence-corrected chi connectivity index (χ4v) is 5.15. The summed E-state index contributed by atoms with van der Waals surface area (Å²) >= 11 is 0. The number of carbonyl (C=O) groups excluding carboxylic acids is 1. The molecule has 0 bridgehead atoms. The molecular weight excluding hydrogens is 356 g/mol. The van der Waals surface area contributed by atoms with Crippen molar-refractivity contribution >= 4 is 16.1 Å². The molecule has 1 aliphatic rings. The monoisotopic (exact) mass is 384 g/mol. The zero-order valence-corrected chi connectivity index (χ0v) is 16.9. The number of sulfonamides is 1. The maximum atomic E-state index is 13.0. The lowest BCUT2D eigenvalue weighted by Gasteiger charge is -2.31. The highest BCUT2D eigenvalue weighted by Gasteiger charge is 2.29. The third-order valence-electron chi connectivity index (χ3n) is 4.81. The molecule has 0 spiro atoms. The van der Waals surface area contributed by atoms with Gasteiger partial charge >= 0.3 is 6.09 Å². The van der Waals surface area contributed by atoms with Gasteiger partial charge in [0.1, 0.15) is 5.75 Å². The molecule has 1 N–H and O–H groups in total. The minimum Gasteiger partial charge on any atom is -0.496 e. The predicted octanol–water partition coefficient (Wildman–Crippen LogP) is 2.52. The number of benzene rings is 1. The van der Waals surface area contributed by atoms with Crippen LogP contribution in [0.4, 0.5) is 4.79 Å². The van der Waals surface area contributed by atoms with Crippen molar-refractivity contribution in [3.63, 3.8) is 0 Å². The van der Waals surface area contributed by atoms with Crippen LogP contribution in [0, 0.1) is 20.8 Å². The SMILES string of the molecule is CCOC(=O)N1CCC(NS(=O)(=O)c2c(C)cc(OC)c(C)c2C)CC1. The maximum absolute atomic E-state index is 13.0. The largest absolute Gasteiger partial charge is 0.496 e. The number of hydrogen-bond donors (Lipinski definition) is 1. The molecule has 1 saturated heterocycles. The molecule has 7 nitrogen and oxygen atoms in total. The summed E-state index contributed by atoms with van der Waals surface area (Å²) in [5, 5.41) is 0. The molecule has 0 unspecified atom stereocenters. The third-order valence-corrected chi connectivity index (χ3v) is 6.62. The first kappa shape index (κ1) is 20.5. The summed E-state index contributed by atoms with van der Waals surface area (Å²) in [6.45, 7) is 8.47. The summed E-state index contributed by atoms with van der Waals surface area (Å²) in [4.78, 5) is 13.7. The first-order valence-electron chi connectivity index (χ1n) is 8.80. The molecule has 1 amide bonds. The van der Waals surface area contributed by atoms with Gasteiger partial charge in [-0.15, -0.1) is 0 Å². The standard InChI is InChI=1S/C18H28N2O5S/c1-6-25-18(21)20-9-7-15(8-10-20)19-26(22,23)17-12(2)11-16(24-5)13(3)14(17)4/h11,15,19H,6-10H2,1-5H3. The van der Waals surface area contributed by atoms with Crippen molar-refractivity contribution in [1.29, 1.82) is 0 Å². The first-order valence-corrected chi connectivity index (χ1v) is 10.3. The molecule has 0 saturated carbocycles. The molecule has 8 heteroatoms. The molecule has 1 aromatic rings. The van der Waals surface area contributed by atoms with Crippen LogP contribution in [0.1, 0.15) is 36.5 Å². The van der Waals surface area contributed by atoms with Gasteiger partial charge in [0.15, 0.2) is 0 Å². The van der Waals surface area contributed by atoms with Crippen molar-refractivity contribution in [2.24, 2.45) is 0 Å². The number of nitrogens with one attached hydrogen (secondary N) is 1. The second kappa shape index (κ2) is 8.26. The summed E-state index contributed by atoms with van der Waals surface area (Å²) in [6.07, 6.45) is 0.780. The third kappa shape index (κ3) is 4.29. The van der Waals surface area contributed by atoms with E-state index >= 15 is 0 Å². The average Bonchev–Trinajstić information content (AvgIpc) is 2.58. The highest BCUT2D eigenvalue weighted by atomic mass is 32.2. The average molecular weight is 384 g/mol. The summed E-state index contributed by atoms with van der Waals surface area (Å²) < 4.78 is 39.0. The van der Waals surface area contributed by atoms with E-state index in [9.17, 15) is 13.2 Å². The van der Waals surface area contributed by atoms with E-state index in [0.717, 1.165) is 5.56 Å².